The molecule has 8 heteroatoms. The van der Waals surface area contributed by atoms with Crippen LogP contribution in [-0.4, -0.2) is 49.6 Å². The van der Waals surface area contributed by atoms with Crippen LogP contribution in [0.2, 0.25) is 5.02 Å². The smallest absolute Gasteiger partial charge is 0.234 e. The predicted octanol–water partition coefficient (Wildman–Crippen LogP) is 3.72. The summed E-state index contributed by atoms with van der Waals surface area (Å²) in [5.41, 5.74) is 0.368. The van der Waals surface area contributed by atoms with E-state index in [1.807, 2.05) is 11.0 Å². The molecule has 0 atom stereocenters. The first kappa shape index (κ1) is 21.8. The van der Waals surface area contributed by atoms with Gasteiger partial charge in [0.2, 0.25) is 5.91 Å². The SMILES string of the molecule is N#CCC(=O)N[C@H]1CC[C@H](CCN2CCN(c3ccc(F)c(Cl)c3F)CC2)CC1. The molecule has 1 aromatic carbocycles. The van der Waals surface area contributed by atoms with E-state index in [1.165, 1.54) is 12.1 Å². The second-order valence-electron chi connectivity index (χ2n) is 7.93. The molecule has 1 amide bonds. The van der Waals surface area contributed by atoms with Crippen molar-refractivity contribution in [1.29, 1.82) is 5.26 Å². The number of benzene rings is 1. The van der Waals surface area contributed by atoms with Gasteiger partial charge in [-0.1, -0.05) is 11.6 Å². The van der Waals surface area contributed by atoms with Crippen LogP contribution in [0.3, 0.4) is 0 Å². The molecule has 0 bridgehead atoms. The van der Waals surface area contributed by atoms with Crippen LogP contribution in [0, 0.1) is 28.9 Å². The molecule has 1 aromatic rings. The van der Waals surface area contributed by atoms with E-state index in [2.05, 4.69) is 10.2 Å². The van der Waals surface area contributed by atoms with Gasteiger partial charge in [0.05, 0.1) is 11.8 Å². The molecule has 0 aromatic heterocycles. The van der Waals surface area contributed by atoms with Crippen LogP contribution in [0.25, 0.3) is 0 Å². The second-order valence-corrected chi connectivity index (χ2v) is 8.31. The molecule has 1 heterocycles. The zero-order valence-corrected chi connectivity index (χ0v) is 17.2. The maximum absolute atomic E-state index is 14.2. The highest BCUT2D eigenvalue weighted by molar-refractivity contribution is 6.31. The third-order valence-corrected chi connectivity index (χ3v) is 6.38. The fraction of sp³-hybridized carbons (Fsp3) is 0.619. The van der Waals surface area contributed by atoms with Crippen molar-refractivity contribution in [2.24, 2.45) is 5.92 Å². The molecule has 0 unspecified atom stereocenters. The lowest BCUT2D eigenvalue weighted by molar-refractivity contribution is -0.121. The van der Waals surface area contributed by atoms with E-state index < -0.39 is 16.7 Å². The van der Waals surface area contributed by atoms with Gasteiger partial charge in [0.25, 0.3) is 0 Å². The lowest BCUT2D eigenvalue weighted by atomic mass is 9.84. The molecular weight excluding hydrogens is 398 g/mol. The quantitative estimate of drug-likeness (QED) is 0.707. The molecule has 2 fully saturated rings. The van der Waals surface area contributed by atoms with Crippen LogP contribution in [0.15, 0.2) is 12.1 Å². The molecule has 158 valence electrons. The minimum atomic E-state index is -0.731. The van der Waals surface area contributed by atoms with E-state index in [0.717, 1.165) is 51.7 Å². The van der Waals surface area contributed by atoms with Gasteiger partial charge in [-0.15, -0.1) is 0 Å². The van der Waals surface area contributed by atoms with Gasteiger partial charge in [-0.3, -0.25) is 9.69 Å². The minimum Gasteiger partial charge on any atom is -0.367 e. The van der Waals surface area contributed by atoms with Crippen molar-refractivity contribution >= 4 is 23.2 Å². The first-order chi connectivity index (χ1) is 14.0. The fourth-order valence-electron chi connectivity index (χ4n) is 4.28. The van der Waals surface area contributed by atoms with Crippen molar-refractivity contribution in [2.75, 3.05) is 37.6 Å². The largest absolute Gasteiger partial charge is 0.367 e. The summed E-state index contributed by atoms with van der Waals surface area (Å²) >= 11 is 5.70. The van der Waals surface area contributed by atoms with Crippen LogP contribution >= 0.6 is 11.6 Å². The Morgan fingerprint density at radius 1 is 1.17 bits per heavy atom. The molecule has 1 saturated heterocycles. The molecule has 1 aliphatic heterocycles. The molecule has 29 heavy (non-hydrogen) atoms. The third kappa shape index (κ3) is 5.80. The number of carbonyl (C=O) groups excluding carboxylic acids is 1. The lowest BCUT2D eigenvalue weighted by Crippen LogP contribution is -2.47. The number of piperazine rings is 1. The van der Waals surface area contributed by atoms with Crippen molar-refractivity contribution < 1.29 is 13.6 Å². The molecule has 1 N–H and O–H groups in total. The third-order valence-electron chi connectivity index (χ3n) is 6.03. The number of hydrogen-bond donors (Lipinski definition) is 1. The summed E-state index contributed by atoms with van der Waals surface area (Å²) in [6, 6.07) is 4.75. The van der Waals surface area contributed by atoms with Crippen LogP contribution in [0.1, 0.15) is 38.5 Å². The van der Waals surface area contributed by atoms with Gasteiger partial charge in [-0.05, 0) is 56.7 Å². The molecule has 5 nitrogen and oxygen atoms in total. The monoisotopic (exact) mass is 424 g/mol. The zero-order valence-electron chi connectivity index (χ0n) is 16.5. The Morgan fingerprint density at radius 3 is 2.52 bits per heavy atom. The van der Waals surface area contributed by atoms with Crippen molar-refractivity contribution in [1.82, 2.24) is 10.2 Å². The Morgan fingerprint density at radius 2 is 1.86 bits per heavy atom. The van der Waals surface area contributed by atoms with Gasteiger partial charge in [-0.25, -0.2) is 8.78 Å². The normalized spacial score (nSPS) is 22.9. The standard InChI is InChI=1S/C21H27ClF2N4O/c22-20-17(23)5-6-18(21(20)24)28-13-11-27(12-14-28)10-8-15-1-3-16(4-2-15)26-19(29)7-9-25/h5-6,15-16H,1-4,7-8,10-14H2,(H,26,29)/t15-,16-. The summed E-state index contributed by atoms with van der Waals surface area (Å²) < 4.78 is 27.6. The van der Waals surface area contributed by atoms with Crippen molar-refractivity contribution in [3.8, 4) is 6.07 Å². The molecule has 0 spiro atoms. The zero-order chi connectivity index (χ0) is 20.8. The van der Waals surface area contributed by atoms with Crippen LogP contribution in [0.4, 0.5) is 14.5 Å². The summed E-state index contributed by atoms with van der Waals surface area (Å²) in [5, 5.41) is 11.1. The van der Waals surface area contributed by atoms with E-state index in [-0.39, 0.29) is 18.4 Å². The van der Waals surface area contributed by atoms with E-state index in [4.69, 9.17) is 16.9 Å². The van der Waals surface area contributed by atoms with Crippen molar-refractivity contribution in [2.45, 2.75) is 44.6 Å². The van der Waals surface area contributed by atoms with Gasteiger partial charge in [-0.2, -0.15) is 5.26 Å². The molecule has 1 saturated carbocycles. The lowest BCUT2D eigenvalue weighted by Gasteiger charge is -2.37. The van der Waals surface area contributed by atoms with Gasteiger partial charge in [0, 0.05) is 32.2 Å². The fourth-order valence-corrected chi connectivity index (χ4v) is 4.44. The van der Waals surface area contributed by atoms with E-state index in [0.29, 0.717) is 24.7 Å². The van der Waals surface area contributed by atoms with E-state index in [1.54, 1.807) is 0 Å². The van der Waals surface area contributed by atoms with Gasteiger partial charge in [0.15, 0.2) is 5.82 Å². The highest BCUT2D eigenvalue weighted by Gasteiger charge is 2.25. The van der Waals surface area contributed by atoms with Gasteiger partial charge >= 0.3 is 0 Å². The number of rotatable bonds is 6. The van der Waals surface area contributed by atoms with Crippen molar-refractivity contribution in [3.05, 3.63) is 28.8 Å². The molecule has 1 aliphatic carbocycles. The number of halogens is 3. The summed E-state index contributed by atoms with van der Waals surface area (Å²) in [6.07, 6.45) is 5.18. The average molecular weight is 425 g/mol. The Kier molecular flexibility index (Phi) is 7.68. The van der Waals surface area contributed by atoms with Crippen LogP contribution in [0.5, 0.6) is 0 Å². The Balaban J connectivity index is 1.37. The molecule has 0 radical (unpaired) electrons. The number of anilines is 1. The summed E-state index contributed by atoms with van der Waals surface area (Å²) in [6.45, 7) is 4.08. The van der Waals surface area contributed by atoms with E-state index in [9.17, 15) is 13.6 Å². The number of carbonyl (C=O) groups is 1. The second kappa shape index (κ2) is 10.2. The van der Waals surface area contributed by atoms with Crippen molar-refractivity contribution in [3.63, 3.8) is 0 Å². The Bertz CT molecular complexity index is 754. The van der Waals surface area contributed by atoms with Gasteiger partial charge < -0.3 is 10.2 Å². The maximum Gasteiger partial charge on any atom is 0.234 e. The first-order valence-corrected chi connectivity index (χ1v) is 10.6. The van der Waals surface area contributed by atoms with Crippen LogP contribution in [-0.2, 0) is 4.79 Å². The predicted molar refractivity (Wildman–Crippen MR) is 109 cm³/mol. The highest BCUT2D eigenvalue weighted by Crippen LogP contribution is 2.30. The maximum atomic E-state index is 14.2. The molecular formula is C21H27ClF2N4O. The summed E-state index contributed by atoms with van der Waals surface area (Å²) in [5.74, 6) is -0.928. The Hall–Kier alpha value is -1.91. The van der Waals surface area contributed by atoms with Gasteiger partial charge in [0.1, 0.15) is 17.3 Å². The average Bonchev–Trinajstić information content (AvgIpc) is 2.72. The van der Waals surface area contributed by atoms with Crippen LogP contribution < -0.4 is 10.2 Å². The summed E-state index contributed by atoms with van der Waals surface area (Å²) in [7, 11) is 0. The topological polar surface area (TPSA) is 59.4 Å². The number of nitriles is 1. The minimum absolute atomic E-state index is 0.0695. The number of amides is 1. The number of hydrogen-bond acceptors (Lipinski definition) is 4. The highest BCUT2D eigenvalue weighted by atomic mass is 35.5. The number of nitrogens with one attached hydrogen (secondary N) is 1. The number of nitrogens with zero attached hydrogens (tertiary/aromatic N) is 3. The Labute approximate surface area is 175 Å². The molecule has 2 aliphatic rings. The first-order valence-electron chi connectivity index (χ1n) is 10.2. The van der Waals surface area contributed by atoms with E-state index >= 15 is 0 Å². The molecule has 3 rings (SSSR count). The summed E-state index contributed by atoms with van der Waals surface area (Å²) in [4.78, 5) is 15.8.